The molecule has 0 bridgehead atoms. The normalized spacial score (nSPS) is 10.8. The Morgan fingerprint density at radius 1 is 1.53 bits per heavy atom. The number of esters is 1. The Hall–Kier alpha value is -1.11. The van der Waals surface area contributed by atoms with Crippen LogP contribution in [0.3, 0.4) is 0 Å². The highest BCUT2D eigenvalue weighted by Crippen LogP contribution is 2.18. The van der Waals surface area contributed by atoms with Crippen molar-refractivity contribution in [2.75, 3.05) is 12.4 Å². The maximum atomic E-state index is 11.1. The second-order valence-electron chi connectivity index (χ2n) is 3.76. The summed E-state index contributed by atoms with van der Waals surface area (Å²) >= 11 is 1.56. The fourth-order valence-corrected chi connectivity index (χ4v) is 2.16. The zero-order valence-corrected chi connectivity index (χ0v) is 11.2. The van der Waals surface area contributed by atoms with Crippen LogP contribution in [0, 0.1) is 0 Å². The molecule has 0 unspecified atom stereocenters. The van der Waals surface area contributed by atoms with Crippen LogP contribution in [0.1, 0.15) is 39.7 Å². The van der Waals surface area contributed by atoms with Gasteiger partial charge in [0, 0.05) is 12.2 Å². The van der Waals surface area contributed by atoms with Gasteiger partial charge in [0.25, 0.3) is 0 Å². The molecule has 96 valence electrons. The Morgan fingerprint density at radius 3 is 2.94 bits per heavy atom. The zero-order chi connectivity index (χ0) is 12.7. The van der Waals surface area contributed by atoms with Crippen molar-refractivity contribution < 1.29 is 9.53 Å². The lowest BCUT2D eigenvalue weighted by atomic mass is 10.3. The Kier molecular flexibility index (Phi) is 5.96. The minimum absolute atomic E-state index is 0.142. The number of carbonyl (C=O) groups is 1. The third-order valence-corrected chi connectivity index (χ3v) is 3.03. The number of aromatic nitrogens is 4. The predicted octanol–water partition coefficient (Wildman–Crippen LogP) is 1.69. The van der Waals surface area contributed by atoms with Crippen molar-refractivity contribution in [2.24, 2.45) is 0 Å². The highest BCUT2D eigenvalue weighted by atomic mass is 32.2. The molecule has 0 aliphatic heterocycles. The van der Waals surface area contributed by atoms with Gasteiger partial charge in [-0.25, -0.2) is 4.68 Å². The lowest BCUT2D eigenvalue weighted by molar-refractivity contribution is -0.143. The average molecular weight is 258 g/mol. The van der Waals surface area contributed by atoms with Crippen LogP contribution in [0.4, 0.5) is 0 Å². The maximum Gasteiger partial charge on any atom is 0.305 e. The Bertz CT molecular complexity index is 354. The monoisotopic (exact) mass is 258 g/mol. The summed E-state index contributed by atoms with van der Waals surface area (Å²) in [5.41, 5.74) is 0. The topological polar surface area (TPSA) is 69.9 Å². The van der Waals surface area contributed by atoms with Gasteiger partial charge in [0.2, 0.25) is 5.16 Å². The quantitative estimate of drug-likeness (QED) is 0.421. The van der Waals surface area contributed by atoms with Crippen LogP contribution >= 0.6 is 11.8 Å². The van der Waals surface area contributed by atoms with E-state index in [0.717, 1.165) is 17.3 Å². The van der Waals surface area contributed by atoms with E-state index < -0.39 is 0 Å². The lowest BCUT2D eigenvalue weighted by Crippen LogP contribution is -2.06. The van der Waals surface area contributed by atoms with Crippen molar-refractivity contribution >= 4 is 17.7 Å². The fraction of sp³-hybridized carbons (Fsp3) is 0.800. The molecule has 1 heterocycles. The van der Waals surface area contributed by atoms with Gasteiger partial charge in [-0.3, -0.25) is 4.79 Å². The van der Waals surface area contributed by atoms with Crippen LogP contribution in [0.5, 0.6) is 0 Å². The van der Waals surface area contributed by atoms with E-state index in [-0.39, 0.29) is 12.0 Å². The molecule has 0 aliphatic carbocycles. The molecular formula is C10H18N4O2S. The molecule has 1 aromatic heterocycles. The van der Waals surface area contributed by atoms with Crippen LogP contribution in [0.2, 0.25) is 0 Å². The molecule has 0 amide bonds. The van der Waals surface area contributed by atoms with Crippen molar-refractivity contribution in [3.63, 3.8) is 0 Å². The van der Waals surface area contributed by atoms with Gasteiger partial charge in [-0.2, -0.15) is 0 Å². The first-order valence-corrected chi connectivity index (χ1v) is 6.70. The van der Waals surface area contributed by atoms with Gasteiger partial charge in [0.1, 0.15) is 0 Å². The maximum absolute atomic E-state index is 11.1. The molecule has 0 saturated heterocycles. The summed E-state index contributed by atoms with van der Waals surface area (Å²) in [5.74, 6) is 0.669. The molecule has 0 atom stereocenters. The summed E-state index contributed by atoms with van der Waals surface area (Å²) < 4.78 is 6.62. The molecule has 7 heteroatoms. The number of nitrogens with zero attached hydrogens (tertiary/aromatic N) is 4. The molecule has 1 aromatic rings. The standard InChI is InChI=1S/C10H18N4O2S/c1-4-16-9(15)6-5-7-17-10-11-12-13-14(10)8(2)3/h8H,4-7H2,1-3H3. The van der Waals surface area contributed by atoms with Crippen molar-refractivity contribution in [1.82, 2.24) is 20.2 Å². The number of ether oxygens (including phenoxy) is 1. The van der Waals surface area contributed by atoms with Crippen molar-refractivity contribution in [3.8, 4) is 0 Å². The zero-order valence-electron chi connectivity index (χ0n) is 10.4. The second-order valence-corrected chi connectivity index (χ2v) is 4.82. The van der Waals surface area contributed by atoms with Crippen LogP contribution in [0.15, 0.2) is 5.16 Å². The van der Waals surface area contributed by atoms with E-state index in [1.807, 2.05) is 20.8 Å². The van der Waals surface area contributed by atoms with Crippen LogP contribution < -0.4 is 0 Å². The van der Waals surface area contributed by atoms with Crippen molar-refractivity contribution in [2.45, 2.75) is 44.8 Å². The number of hydrogen-bond donors (Lipinski definition) is 0. The third kappa shape index (κ3) is 4.72. The van der Waals surface area contributed by atoms with Gasteiger partial charge < -0.3 is 4.74 Å². The molecule has 0 aliphatic rings. The largest absolute Gasteiger partial charge is 0.466 e. The molecule has 0 radical (unpaired) electrons. The van der Waals surface area contributed by atoms with Crippen LogP contribution in [0.25, 0.3) is 0 Å². The lowest BCUT2D eigenvalue weighted by Gasteiger charge is -2.06. The molecule has 17 heavy (non-hydrogen) atoms. The summed E-state index contributed by atoms with van der Waals surface area (Å²) in [7, 11) is 0. The van der Waals surface area contributed by atoms with E-state index in [9.17, 15) is 4.79 Å². The first kappa shape index (κ1) is 14.0. The minimum Gasteiger partial charge on any atom is -0.466 e. The highest BCUT2D eigenvalue weighted by Gasteiger charge is 2.09. The first-order chi connectivity index (χ1) is 8.15. The summed E-state index contributed by atoms with van der Waals surface area (Å²) in [5, 5.41) is 12.3. The molecule has 0 N–H and O–H groups in total. The first-order valence-electron chi connectivity index (χ1n) is 5.71. The Labute approximate surface area is 105 Å². The van der Waals surface area contributed by atoms with E-state index in [2.05, 4.69) is 15.5 Å². The minimum atomic E-state index is -0.142. The Morgan fingerprint density at radius 2 is 2.29 bits per heavy atom. The van der Waals surface area contributed by atoms with Gasteiger partial charge >= 0.3 is 5.97 Å². The molecule has 0 fully saturated rings. The van der Waals surface area contributed by atoms with E-state index in [0.29, 0.717) is 13.0 Å². The SMILES string of the molecule is CCOC(=O)CCCSc1nnnn1C(C)C. The summed E-state index contributed by atoms with van der Waals surface area (Å²) in [4.78, 5) is 11.1. The molecule has 0 saturated carbocycles. The van der Waals surface area contributed by atoms with Crippen LogP contribution in [-0.2, 0) is 9.53 Å². The highest BCUT2D eigenvalue weighted by molar-refractivity contribution is 7.99. The number of rotatable bonds is 7. The Balaban J connectivity index is 2.26. The number of carbonyl (C=O) groups excluding carboxylic acids is 1. The number of hydrogen-bond acceptors (Lipinski definition) is 6. The van der Waals surface area contributed by atoms with Gasteiger partial charge in [-0.15, -0.1) is 5.10 Å². The summed E-state index contributed by atoms with van der Waals surface area (Å²) in [6, 6.07) is 0.248. The third-order valence-electron chi connectivity index (χ3n) is 2.01. The van der Waals surface area contributed by atoms with Crippen molar-refractivity contribution in [3.05, 3.63) is 0 Å². The molecule has 0 spiro atoms. The summed E-state index contributed by atoms with van der Waals surface area (Å²) in [6.45, 7) is 6.30. The summed E-state index contributed by atoms with van der Waals surface area (Å²) in [6.07, 6.45) is 1.22. The van der Waals surface area contributed by atoms with E-state index in [4.69, 9.17) is 4.74 Å². The van der Waals surface area contributed by atoms with E-state index >= 15 is 0 Å². The molecule has 6 nitrogen and oxygen atoms in total. The van der Waals surface area contributed by atoms with Gasteiger partial charge in [-0.05, 0) is 37.6 Å². The average Bonchev–Trinajstić information content (AvgIpc) is 2.73. The van der Waals surface area contributed by atoms with Crippen molar-refractivity contribution in [1.29, 1.82) is 0 Å². The van der Waals surface area contributed by atoms with Gasteiger partial charge in [0.15, 0.2) is 0 Å². The van der Waals surface area contributed by atoms with Gasteiger partial charge in [0.05, 0.1) is 12.6 Å². The second kappa shape index (κ2) is 7.26. The predicted molar refractivity (Wildman–Crippen MR) is 64.8 cm³/mol. The van der Waals surface area contributed by atoms with E-state index in [1.165, 1.54) is 0 Å². The van der Waals surface area contributed by atoms with Gasteiger partial charge in [-0.1, -0.05) is 11.8 Å². The molecular weight excluding hydrogens is 240 g/mol. The smallest absolute Gasteiger partial charge is 0.305 e. The molecule has 1 rings (SSSR count). The van der Waals surface area contributed by atoms with E-state index in [1.54, 1.807) is 16.4 Å². The van der Waals surface area contributed by atoms with Crippen LogP contribution in [-0.4, -0.2) is 38.5 Å². The molecule has 0 aromatic carbocycles. The number of tetrazole rings is 1. The number of thioether (sulfide) groups is 1. The fourth-order valence-electron chi connectivity index (χ4n) is 1.22.